The summed E-state index contributed by atoms with van der Waals surface area (Å²) in [7, 11) is 4.01. The van der Waals surface area contributed by atoms with Crippen molar-refractivity contribution in [3.05, 3.63) is 0 Å². The second-order valence-electron chi connectivity index (χ2n) is 3.18. The van der Waals surface area contributed by atoms with Crippen molar-refractivity contribution in [1.29, 1.82) is 0 Å². The molecule has 1 aliphatic rings. The zero-order chi connectivity index (χ0) is 8.81. The normalized spacial score (nSPS) is 26.0. The van der Waals surface area contributed by atoms with Crippen molar-refractivity contribution in [1.82, 2.24) is 0 Å². The van der Waals surface area contributed by atoms with Gasteiger partial charge in [0.05, 0.1) is 0 Å². The third kappa shape index (κ3) is 4.60. The molecule has 0 spiro atoms. The van der Waals surface area contributed by atoms with Gasteiger partial charge in [0, 0.05) is 11.0 Å². The molecule has 1 heterocycles. The van der Waals surface area contributed by atoms with Gasteiger partial charge in [-0.2, -0.15) is 0 Å². The first-order valence-corrected chi connectivity index (χ1v) is 6.89. The highest BCUT2D eigenvalue weighted by Gasteiger charge is 2.15. The molecule has 12 heavy (non-hydrogen) atoms. The van der Waals surface area contributed by atoms with E-state index in [1.807, 2.05) is 21.6 Å². The molecule has 0 aromatic carbocycles. The maximum absolute atomic E-state index is 8.81. The van der Waals surface area contributed by atoms with Crippen LogP contribution in [-0.2, 0) is 0 Å². The highest BCUT2D eigenvalue weighted by Crippen LogP contribution is 2.39. The summed E-state index contributed by atoms with van der Waals surface area (Å²) in [5.74, 6) is 1.31. The lowest BCUT2D eigenvalue weighted by atomic mass is 10.1. The van der Waals surface area contributed by atoms with Crippen LogP contribution in [-0.4, -0.2) is 22.3 Å². The molecule has 1 aliphatic heterocycles. The van der Waals surface area contributed by atoms with Crippen LogP contribution in [0.15, 0.2) is 0 Å². The molecule has 3 N–H and O–H groups in total. The summed E-state index contributed by atoms with van der Waals surface area (Å²) in [6.45, 7) is 0. The standard InChI is InChI=1S/C8H17NOS2/c9-8(10)4-2-1-3-7-5-6-11-12-7/h7-8,10H,1-6,9H2. The number of unbranched alkanes of at least 4 members (excludes halogenated alkanes) is 1. The van der Waals surface area contributed by atoms with Gasteiger partial charge in [-0.1, -0.05) is 28.0 Å². The van der Waals surface area contributed by atoms with Gasteiger partial charge in [0.2, 0.25) is 0 Å². The van der Waals surface area contributed by atoms with Gasteiger partial charge >= 0.3 is 0 Å². The number of hydrogen-bond donors (Lipinski definition) is 2. The molecule has 2 unspecified atom stereocenters. The molecular formula is C8H17NOS2. The summed E-state index contributed by atoms with van der Waals surface area (Å²) >= 11 is 0. The molecule has 1 saturated heterocycles. The zero-order valence-corrected chi connectivity index (χ0v) is 8.87. The lowest BCUT2D eigenvalue weighted by Gasteiger charge is -2.07. The second kappa shape index (κ2) is 6.13. The highest BCUT2D eigenvalue weighted by molar-refractivity contribution is 8.77. The Labute approximate surface area is 82.1 Å². The number of hydrogen-bond acceptors (Lipinski definition) is 4. The predicted octanol–water partition coefficient (Wildman–Crippen LogP) is 1.98. The summed E-state index contributed by atoms with van der Waals surface area (Å²) < 4.78 is 0. The smallest absolute Gasteiger partial charge is 0.102 e. The van der Waals surface area contributed by atoms with Crippen molar-refractivity contribution in [3.63, 3.8) is 0 Å². The molecule has 0 saturated carbocycles. The van der Waals surface area contributed by atoms with Crippen molar-refractivity contribution < 1.29 is 5.11 Å². The van der Waals surface area contributed by atoms with Crippen LogP contribution >= 0.6 is 21.6 Å². The van der Waals surface area contributed by atoms with Gasteiger partial charge in [-0.3, -0.25) is 0 Å². The third-order valence-corrected chi connectivity index (χ3v) is 5.01. The molecule has 0 radical (unpaired) electrons. The van der Waals surface area contributed by atoms with Gasteiger partial charge in [-0.15, -0.1) is 0 Å². The minimum Gasteiger partial charge on any atom is -0.379 e. The van der Waals surface area contributed by atoms with Crippen LogP contribution < -0.4 is 5.73 Å². The molecule has 2 atom stereocenters. The first-order valence-electron chi connectivity index (χ1n) is 4.51. The highest BCUT2D eigenvalue weighted by atomic mass is 33.1. The van der Waals surface area contributed by atoms with Crippen LogP contribution in [0.25, 0.3) is 0 Å². The van der Waals surface area contributed by atoms with E-state index in [0.29, 0.717) is 0 Å². The Morgan fingerprint density at radius 1 is 1.50 bits per heavy atom. The SMILES string of the molecule is NC(O)CCCCC1CCSS1. The fourth-order valence-electron chi connectivity index (χ4n) is 1.29. The molecule has 0 amide bonds. The Morgan fingerprint density at radius 2 is 2.33 bits per heavy atom. The van der Waals surface area contributed by atoms with Crippen molar-refractivity contribution in [2.75, 3.05) is 5.75 Å². The van der Waals surface area contributed by atoms with Crippen LogP contribution in [0.1, 0.15) is 32.1 Å². The first-order chi connectivity index (χ1) is 5.79. The topological polar surface area (TPSA) is 46.2 Å². The Kier molecular flexibility index (Phi) is 5.47. The molecule has 0 aromatic rings. The average Bonchev–Trinajstić information content (AvgIpc) is 2.49. The van der Waals surface area contributed by atoms with E-state index in [1.54, 1.807) is 0 Å². The van der Waals surface area contributed by atoms with E-state index in [9.17, 15) is 0 Å². The summed E-state index contributed by atoms with van der Waals surface area (Å²) in [6.07, 6.45) is 5.09. The van der Waals surface area contributed by atoms with Crippen molar-refractivity contribution in [2.24, 2.45) is 5.73 Å². The summed E-state index contributed by atoms with van der Waals surface area (Å²) in [4.78, 5) is 0. The van der Waals surface area contributed by atoms with E-state index in [1.165, 1.54) is 25.0 Å². The quantitative estimate of drug-likeness (QED) is 0.411. The van der Waals surface area contributed by atoms with E-state index in [0.717, 1.165) is 18.1 Å². The number of aliphatic hydroxyl groups excluding tert-OH is 1. The largest absolute Gasteiger partial charge is 0.379 e. The third-order valence-electron chi connectivity index (χ3n) is 2.00. The van der Waals surface area contributed by atoms with E-state index in [4.69, 9.17) is 10.8 Å². The van der Waals surface area contributed by atoms with Gasteiger partial charge in [-0.05, 0) is 25.7 Å². The van der Waals surface area contributed by atoms with Gasteiger partial charge in [0.25, 0.3) is 0 Å². The van der Waals surface area contributed by atoms with E-state index in [-0.39, 0.29) is 0 Å². The number of nitrogens with two attached hydrogens (primary N) is 1. The van der Waals surface area contributed by atoms with Crippen LogP contribution in [0.4, 0.5) is 0 Å². The van der Waals surface area contributed by atoms with Gasteiger partial charge in [-0.25, -0.2) is 0 Å². The van der Waals surface area contributed by atoms with Crippen molar-refractivity contribution in [2.45, 2.75) is 43.6 Å². The van der Waals surface area contributed by atoms with Crippen molar-refractivity contribution >= 4 is 21.6 Å². The Hall–Kier alpha value is 0.620. The van der Waals surface area contributed by atoms with Crippen LogP contribution in [0.2, 0.25) is 0 Å². The van der Waals surface area contributed by atoms with Gasteiger partial charge < -0.3 is 10.8 Å². The molecule has 1 fully saturated rings. The van der Waals surface area contributed by atoms with Crippen molar-refractivity contribution in [3.8, 4) is 0 Å². The monoisotopic (exact) mass is 207 g/mol. The Balaban J connectivity index is 1.88. The Bertz CT molecular complexity index is 116. The number of rotatable bonds is 5. The van der Waals surface area contributed by atoms with Crippen LogP contribution in [0.5, 0.6) is 0 Å². The summed E-state index contributed by atoms with van der Waals surface area (Å²) in [5.41, 5.74) is 5.23. The van der Waals surface area contributed by atoms with Crippen LogP contribution in [0, 0.1) is 0 Å². The molecule has 2 nitrogen and oxygen atoms in total. The van der Waals surface area contributed by atoms with Crippen LogP contribution in [0.3, 0.4) is 0 Å². The average molecular weight is 207 g/mol. The zero-order valence-electron chi connectivity index (χ0n) is 7.24. The minimum absolute atomic E-state index is 0.601. The summed E-state index contributed by atoms with van der Waals surface area (Å²) in [5, 5.41) is 9.68. The van der Waals surface area contributed by atoms with Gasteiger partial charge in [0.15, 0.2) is 0 Å². The lowest BCUT2D eigenvalue weighted by Crippen LogP contribution is -2.18. The van der Waals surface area contributed by atoms with E-state index >= 15 is 0 Å². The first kappa shape index (κ1) is 10.7. The number of aliphatic hydroxyl groups is 1. The maximum Gasteiger partial charge on any atom is 0.102 e. The molecule has 72 valence electrons. The predicted molar refractivity (Wildman–Crippen MR) is 57.1 cm³/mol. The van der Waals surface area contributed by atoms with Gasteiger partial charge in [0.1, 0.15) is 6.23 Å². The molecule has 1 rings (SSSR count). The maximum atomic E-state index is 8.81. The fourth-order valence-corrected chi connectivity index (χ4v) is 4.32. The minimum atomic E-state index is -0.601. The molecule has 4 heteroatoms. The van der Waals surface area contributed by atoms with E-state index < -0.39 is 6.23 Å². The molecule has 0 bridgehead atoms. The second-order valence-corrected chi connectivity index (χ2v) is 5.97. The fraction of sp³-hybridized carbons (Fsp3) is 1.00. The molecule has 0 aromatic heterocycles. The molecular weight excluding hydrogens is 190 g/mol. The Morgan fingerprint density at radius 3 is 2.92 bits per heavy atom. The molecule has 0 aliphatic carbocycles. The van der Waals surface area contributed by atoms with E-state index in [2.05, 4.69) is 0 Å². The lowest BCUT2D eigenvalue weighted by molar-refractivity contribution is 0.168. The summed E-state index contributed by atoms with van der Waals surface area (Å²) in [6, 6.07) is 0.